The van der Waals surface area contributed by atoms with E-state index in [1.54, 1.807) is 24.3 Å². The number of rotatable bonds is 8. The van der Waals surface area contributed by atoms with Gasteiger partial charge in [0.2, 0.25) is 0 Å². The topological polar surface area (TPSA) is 99.4 Å². The van der Waals surface area contributed by atoms with Crippen molar-refractivity contribution in [3.05, 3.63) is 53.6 Å². The third-order valence-corrected chi connectivity index (χ3v) is 3.78. The lowest BCUT2D eigenvalue weighted by Crippen LogP contribution is -2.18. The second kappa shape index (κ2) is 8.54. The summed E-state index contributed by atoms with van der Waals surface area (Å²) in [5.74, 6) is -0.0352. The Morgan fingerprint density at radius 1 is 1.00 bits per heavy atom. The van der Waals surface area contributed by atoms with Gasteiger partial charge in [0.1, 0.15) is 5.75 Å². The zero-order chi connectivity index (χ0) is 17.5. The second-order valence-corrected chi connectivity index (χ2v) is 5.37. The minimum atomic E-state index is -0.905. The first kappa shape index (κ1) is 18.1. The van der Waals surface area contributed by atoms with Gasteiger partial charge in [0, 0.05) is 5.92 Å². The molecule has 6 nitrogen and oxygen atoms in total. The molecule has 2 aromatic rings. The van der Waals surface area contributed by atoms with E-state index in [1.165, 1.54) is 25.3 Å². The molecule has 0 bridgehead atoms. The number of phenolic OH excluding ortho intramolecular Hbond substituents is 2. The summed E-state index contributed by atoms with van der Waals surface area (Å²) in [7, 11) is 1.46. The quantitative estimate of drug-likeness (QED) is 0.551. The van der Waals surface area contributed by atoms with Crippen LogP contribution in [0.5, 0.6) is 17.2 Å². The van der Waals surface area contributed by atoms with Gasteiger partial charge >= 0.3 is 0 Å². The average molecular weight is 334 g/mol. The van der Waals surface area contributed by atoms with E-state index in [4.69, 9.17) is 14.6 Å². The molecule has 24 heavy (non-hydrogen) atoms. The van der Waals surface area contributed by atoms with E-state index in [9.17, 15) is 15.3 Å². The first-order chi connectivity index (χ1) is 11.6. The van der Waals surface area contributed by atoms with Gasteiger partial charge < -0.3 is 29.9 Å². The van der Waals surface area contributed by atoms with Gasteiger partial charge in [0.15, 0.2) is 11.5 Å². The number of ether oxygens (including phenoxy) is 2. The number of aliphatic hydroxyl groups is 2. The molecular formula is C18H22O6. The lowest BCUT2D eigenvalue weighted by Gasteiger charge is -2.24. The predicted octanol–water partition coefficient (Wildman–Crippen LogP) is 1.93. The molecule has 0 radical (unpaired) electrons. The zero-order valence-corrected chi connectivity index (χ0v) is 13.4. The molecule has 6 heteroatoms. The Hall–Kier alpha value is -2.28. The summed E-state index contributed by atoms with van der Waals surface area (Å²) in [5.41, 5.74) is 1.28. The van der Waals surface area contributed by atoms with Gasteiger partial charge in [0.05, 0.1) is 33.0 Å². The van der Waals surface area contributed by atoms with Crippen molar-refractivity contribution in [2.75, 3.05) is 26.9 Å². The van der Waals surface area contributed by atoms with Gasteiger partial charge in [0.25, 0.3) is 0 Å². The molecule has 0 heterocycles. The fraction of sp³-hybridized carbons (Fsp3) is 0.333. The Balaban J connectivity index is 2.29. The number of phenols is 2. The third-order valence-electron chi connectivity index (χ3n) is 3.78. The van der Waals surface area contributed by atoms with Crippen molar-refractivity contribution in [1.82, 2.24) is 0 Å². The van der Waals surface area contributed by atoms with Crippen LogP contribution in [0.4, 0.5) is 0 Å². The van der Waals surface area contributed by atoms with Crippen LogP contribution in [0.2, 0.25) is 0 Å². The molecule has 0 aliphatic carbocycles. The van der Waals surface area contributed by atoms with Crippen LogP contribution in [0.15, 0.2) is 42.5 Å². The van der Waals surface area contributed by atoms with E-state index < -0.39 is 12.0 Å². The van der Waals surface area contributed by atoms with Crippen LogP contribution >= 0.6 is 0 Å². The SMILES string of the molecule is COc1ccc(C(COCCO)C(O)c2ccc(O)cc2)cc1O. The molecule has 2 aromatic carbocycles. The predicted molar refractivity (Wildman–Crippen MR) is 88.4 cm³/mol. The normalized spacial score (nSPS) is 13.5. The fourth-order valence-electron chi connectivity index (χ4n) is 2.49. The molecular weight excluding hydrogens is 312 g/mol. The summed E-state index contributed by atoms with van der Waals surface area (Å²) in [4.78, 5) is 0. The fourth-order valence-corrected chi connectivity index (χ4v) is 2.49. The number of aromatic hydroxyl groups is 2. The van der Waals surface area contributed by atoms with E-state index in [0.29, 0.717) is 16.9 Å². The molecule has 130 valence electrons. The molecule has 0 fully saturated rings. The molecule has 0 aromatic heterocycles. The largest absolute Gasteiger partial charge is 0.508 e. The van der Waals surface area contributed by atoms with Crippen LogP contribution < -0.4 is 4.74 Å². The van der Waals surface area contributed by atoms with Gasteiger partial charge in [-0.25, -0.2) is 0 Å². The van der Waals surface area contributed by atoms with E-state index in [-0.39, 0.29) is 31.3 Å². The number of hydrogen-bond donors (Lipinski definition) is 4. The van der Waals surface area contributed by atoms with Crippen molar-refractivity contribution >= 4 is 0 Å². The van der Waals surface area contributed by atoms with Crippen molar-refractivity contribution < 1.29 is 29.9 Å². The molecule has 2 rings (SSSR count). The Morgan fingerprint density at radius 3 is 2.25 bits per heavy atom. The number of hydrogen-bond acceptors (Lipinski definition) is 6. The second-order valence-electron chi connectivity index (χ2n) is 5.37. The summed E-state index contributed by atoms with van der Waals surface area (Å²) < 4.78 is 10.4. The summed E-state index contributed by atoms with van der Waals surface area (Å²) in [6.07, 6.45) is -0.905. The van der Waals surface area contributed by atoms with E-state index >= 15 is 0 Å². The standard InChI is InChI=1S/C18H22O6/c1-23-17-7-4-13(10-16(17)21)15(11-24-9-8-19)18(22)12-2-5-14(20)6-3-12/h2-7,10,15,18-22H,8-9,11H2,1H3. The van der Waals surface area contributed by atoms with Gasteiger partial charge in [-0.05, 0) is 35.4 Å². The highest BCUT2D eigenvalue weighted by atomic mass is 16.5. The molecule has 0 saturated carbocycles. The number of methoxy groups -OCH3 is 1. The Bertz CT molecular complexity index is 640. The van der Waals surface area contributed by atoms with E-state index in [2.05, 4.69) is 0 Å². The first-order valence-electron chi connectivity index (χ1n) is 7.59. The van der Waals surface area contributed by atoms with Gasteiger partial charge in [-0.1, -0.05) is 18.2 Å². The summed E-state index contributed by atoms with van der Waals surface area (Å²) in [6, 6.07) is 11.1. The van der Waals surface area contributed by atoms with Crippen molar-refractivity contribution in [3.8, 4) is 17.2 Å². The Kier molecular flexibility index (Phi) is 6.43. The van der Waals surface area contributed by atoms with Gasteiger partial charge in [-0.2, -0.15) is 0 Å². The molecule has 0 spiro atoms. The zero-order valence-electron chi connectivity index (χ0n) is 13.4. The highest BCUT2D eigenvalue weighted by Crippen LogP contribution is 2.36. The van der Waals surface area contributed by atoms with Crippen LogP contribution in [-0.2, 0) is 4.74 Å². The Labute approximate surface area is 140 Å². The van der Waals surface area contributed by atoms with Crippen LogP contribution in [0.3, 0.4) is 0 Å². The maximum atomic E-state index is 10.7. The smallest absolute Gasteiger partial charge is 0.160 e. The molecule has 2 atom stereocenters. The maximum absolute atomic E-state index is 10.7. The molecule has 2 unspecified atom stereocenters. The van der Waals surface area contributed by atoms with Crippen molar-refractivity contribution in [3.63, 3.8) is 0 Å². The number of aliphatic hydroxyl groups excluding tert-OH is 2. The summed E-state index contributed by atoms with van der Waals surface area (Å²) in [6.45, 7) is 0.200. The van der Waals surface area contributed by atoms with Crippen LogP contribution in [-0.4, -0.2) is 47.4 Å². The summed E-state index contributed by atoms with van der Waals surface area (Å²) >= 11 is 0. The monoisotopic (exact) mass is 334 g/mol. The van der Waals surface area contributed by atoms with Crippen LogP contribution in [0.1, 0.15) is 23.1 Å². The lowest BCUT2D eigenvalue weighted by molar-refractivity contribution is 0.0427. The van der Waals surface area contributed by atoms with Gasteiger partial charge in [-0.3, -0.25) is 0 Å². The number of benzene rings is 2. The molecule has 0 amide bonds. The molecule has 0 aliphatic rings. The van der Waals surface area contributed by atoms with Gasteiger partial charge in [-0.15, -0.1) is 0 Å². The lowest BCUT2D eigenvalue weighted by atomic mass is 9.89. The van der Waals surface area contributed by atoms with Crippen molar-refractivity contribution in [1.29, 1.82) is 0 Å². The minimum Gasteiger partial charge on any atom is -0.508 e. The van der Waals surface area contributed by atoms with Crippen LogP contribution in [0, 0.1) is 0 Å². The highest BCUT2D eigenvalue weighted by molar-refractivity contribution is 5.43. The van der Waals surface area contributed by atoms with Crippen molar-refractivity contribution in [2.24, 2.45) is 0 Å². The molecule has 0 aliphatic heterocycles. The highest BCUT2D eigenvalue weighted by Gasteiger charge is 2.24. The van der Waals surface area contributed by atoms with Crippen molar-refractivity contribution in [2.45, 2.75) is 12.0 Å². The average Bonchev–Trinajstić information content (AvgIpc) is 2.59. The van der Waals surface area contributed by atoms with E-state index in [0.717, 1.165) is 0 Å². The minimum absolute atomic E-state index is 0.0277. The third kappa shape index (κ3) is 4.38. The van der Waals surface area contributed by atoms with E-state index in [1.807, 2.05) is 0 Å². The summed E-state index contributed by atoms with van der Waals surface area (Å²) in [5, 5.41) is 38.9. The molecule has 0 saturated heterocycles. The first-order valence-corrected chi connectivity index (χ1v) is 7.59. The maximum Gasteiger partial charge on any atom is 0.160 e. The Morgan fingerprint density at radius 2 is 1.67 bits per heavy atom. The molecule has 4 N–H and O–H groups in total. The van der Waals surface area contributed by atoms with Crippen LogP contribution in [0.25, 0.3) is 0 Å².